The van der Waals surface area contributed by atoms with E-state index < -0.39 is 0 Å². The Balaban J connectivity index is 1.71. The Hall–Kier alpha value is -0.120. The molecule has 0 aromatic rings. The zero-order valence-corrected chi connectivity index (χ0v) is 9.13. The minimum atomic E-state index is -0.388. The van der Waals surface area contributed by atoms with E-state index in [1.807, 2.05) is 0 Å². The summed E-state index contributed by atoms with van der Waals surface area (Å²) >= 11 is 0. The number of hydrogen-bond donors (Lipinski definition) is 2. The lowest BCUT2D eigenvalue weighted by Gasteiger charge is -2.24. The third-order valence-corrected chi connectivity index (χ3v) is 3.65. The maximum Gasteiger partial charge on any atom is 0.0771 e. The van der Waals surface area contributed by atoms with Crippen LogP contribution in [0, 0.1) is 0 Å². The summed E-state index contributed by atoms with van der Waals surface area (Å²) in [6.45, 7) is 3.12. The van der Waals surface area contributed by atoms with Gasteiger partial charge in [-0.25, -0.2) is 0 Å². The van der Waals surface area contributed by atoms with Crippen LogP contribution in [-0.2, 0) is 0 Å². The smallest absolute Gasteiger partial charge is 0.0771 e. The molecule has 82 valence electrons. The number of rotatable bonds is 3. The highest BCUT2D eigenvalue weighted by molar-refractivity contribution is 4.89. The molecule has 2 N–H and O–H groups in total. The third kappa shape index (κ3) is 2.47. The van der Waals surface area contributed by atoms with Crippen LogP contribution in [0.15, 0.2) is 0 Å². The van der Waals surface area contributed by atoms with Gasteiger partial charge in [0, 0.05) is 19.1 Å². The lowest BCUT2D eigenvalue weighted by Crippen LogP contribution is -2.43. The average Bonchev–Trinajstić information content (AvgIpc) is 2.73. The monoisotopic (exact) mass is 198 g/mol. The molecule has 0 radical (unpaired) electrons. The molecule has 0 bridgehead atoms. The van der Waals surface area contributed by atoms with Crippen molar-refractivity contribution in [2.24, 2.45) is 0 Å². The number of nitrogens with one attached hydrogen (secondary N) is 1. The summed E-state index contributed by atoms with van der Waals surface area (Å²) in [6, 6.07) is 0.602. The first-order valence-electron chi connectivity index (χ1n) is 5.82. The molecule has 1 saturated heterocycles. The molecule has 1 aliphatic carbocycles. The number of hydrogen-bond acceptors (Lipinski definition) is 3. The molecule has 2 fully saturated rings. The zero-order valence-electron chi connectivity index (χ0n) is 9.13. The van der Waals surface area contributed by atoms with Crippen molar-refractivity contribution in [3.63, 3.8) is 0 Å². The second-order valence-corrected chi connectivity index (χ2v) is 5.06. The minimum Gasteiger partial charge on any atom is -0.389 e. The fourth-order valence-corrected chi connectivity index (χ4v) is 2.65. The second kappa shape index (κ2) is 4.17. The van der Waals surface area contributed by atoms with Gasteiger partial charge in [-0.2, -0.15) is 0 Å². The number of nitrogens with zero attached hydrogens (tertiary/aromatic N) is 1. The maximum atomic E-state index is 10.1. The van der Waals surface area contributed by atoms with Crippen molar-refractivity contribution in [2.45, 2.75) is 43.7 Å². The molecular weight excluding hydrogens is 176 g/mol. The molecule has 0 amide bonds. The number of likely N-dealkylation sites (tertiary alicyclic amines) is 1. The molecule has 1 saturated carbocycles. The van der Waals surface area contributed by atoms with Crippen LogP contribution in [0.4, 0.5) is 0 Å². The van der Waals surface area contributed by atoms with E-state index in [-0.39, 0.29) is 5.60 Å². The Bertz CT molecular complexity index is 190. The summed E-state index contributed by atoms with van der Waals surface area (Å²) in [5.74, 6) is 0. The first-order valence-corrected chi connectivity index (χ1v) is 5.82. The normalized spacial score (nSPS) is 32.6. The van der Waals surface area contributed by atoms with Crippen molar-refractivity contribution in [1.82, 2.24) is 10.2 Å². The van der Waals surface area contributed by atoms with E-state index in [1.54, 1.807) is 0 Å². The zero-order chi connectivity index (χ0) is 10.0. The van der Waals surface area contributed by atoms with Crippen molar-refractivity contribution in [3.8, 4) is 0 Å². The van der Waals surface area contributed by atoms with Gasteiger partial charge in [-0.3, -0.25) is 0 Å². The van der Waals surface area contributed by atoms with E-state index in [0.717, 1.165) is 25.9 Å². The first kappa shape index (κ1) is 10.4. The standard InChI is InChI=1S/C11H22N2O/c1-13-7-4-10(8-13)12-9-11(14)5-2-3-6-11/h10,12,14H,2-9H2,1H3. The largest absolute Gasteiger partial charge is 0.389 e. The fraction of sp³-hybridized carbons (Fsp3) is 1.00. The Morgan fingerprint density at radius 3 is 2.71 bits per heavy atom. The molecule has 1 aliphatic heterocycles. The highest BCUT2D eigenvalue weighted by atomic mass is 16.3. The molecular formula is C11H22N2O. The fourth-order valence-electron chi connectivity index (χ4n) is 2.65. The van der Waals surface area contributed by atoms with Gasteiger partial charge in [0.05, 0.1) is 5.60 Å². The predicted octanol–water partition coefficient (Wildman–Crippen LogP) is 0.585. The van der Waals surface area contributed by atoms with Crippen LogP contribution >= 0.6 is 0 Å². The van der Waals surface area contributed by atoms with E-state index in [4.69, 9.17) is 0 Å². The van der Waals surface area contributed by atoms with Gasteiger partial charge in [-0.05, 0) is 32.9 Å². The molecule has 1 atom stereocenters. The highest BCUT2D eigenvalue weighted by Crippen LogP contribution is 2.28. The molecule has 3 nitrogen and oxygen atoms in total. The van der Waals surface area contributed by atoms with E-state index in [9.17, 15) is 5.11 Å². The second-order valence-electron chi connectivity index (χ2n) is 5.06. The Morgan fingerprint density at radius 2 is 2.14 bits per heavy atom. The van der Waals surface area contributed by atoms with Gasteiger partial charge >= 0.3 is 0 Å². The average molecular weight is 198 g/mol. The molecule has 0 aromatic heterocycles. The lowest BCUT2D eigenvalue weighted by atomic mass is 10.0. The third-order valence-electron chi connectivity index (χ3n) is 3.65. The van der Waals surface area contributed by atoms with Crippen LogP contribution in [0.3, 0.4) is 0 Å². The molecule has 2 rings (SSSR count). The lowest BCUT2D eigenvalue weighted by molar-refractivity contribution is 0.0451. The topological polar surface area (TPSA) is 35.5 Å². The predicted molar refractivity (Wildman–Crippen MR) is 57.3 cm³/mol. The molecule has 3 heteroatoms. The molecule has 1 unspecified atom stereocenters. The molecule has 1 heterocycles. The van der Waals surface area contributed by atoms with Crippen LogP contribution in [0.1, 0.15) is 32.1 Å². The van der Waals surface area contributed by atoms with Gasteiger partial charge in [0.2, 0.25) is 0 Å². The summed E-state index contributed by atoms with van der Waals surface area (Å²) in [4.78, 5) is 2.34. The van der Waals surface area contributed by atoms with Gasteiger partial charge in [0.15, 0.2) is 0 Å². The van der Waals surface area contributed by atoms with Crippen molar-refractivity contribution in [3.05, 3.63) is 0 Å². The van der Waals surface area contributed by atoms with Crippen LogP contribution in [0.5, 0.6) is 0 Å². The van der Waals surface area contributed by atoms with E-state index in [2.05, 4.69) is 17.3 Å². The Kier molecular flexibility index (Phi) is 3.10. The van der Waals surface area contributed by atoms with Crippen molar-refractivity contribution >= 4 is 0 Å². The van der Waals surface area contributed by atoms with Gasteiger partial charge in [0.1, 0.15) is 0 Å². The summed E-state index contributed by atoms with van der Waals surface area (Å²) in [5, 5.41) is 13.6. The highest BCUT2D eigenvalue weighted by Gasteiger charge is 2.32. The number of aliphatic hydroxyl groups is 1. The van der Waals surface area contributed by atoms with E-state index in [0.29, 0.717) is 6.04 Å². The van der Waals surface area contributed by atoms with Crippen molar-refractivity contribution in [1.29, 1.82) is 0 Å². The quantitative estimate of drug-likeness (QED) is 0.696. The van der Waals surface area contributed by atoms with Gasteiger partial charge in [-0.1, -0.05) is 12.8 Å². The van der Waals surface area contributed by atoms with E-state index in [1.165, 1.54) is 25.8 Å². The van der Waals surface area contributed by atoms with Gasteiger partial charge < -0.3 is 15.3 Å². The van der Waals surface area contributed by atoms with Gasteiger partial charge in [0.25, 0.3) is 0 Å². The molecule has 14 heavy (non-hydrogen) atoms. The summed E-state index contributed by atoms with van der Waals surface area (Å²) in [7, 11) is 2.16. The van der Waals surface area contributed by atoms with Gasteiger partial charge in [-0.15, -0.1) is 0 Å². The maximum absolute atomic E-state index is 10.1. The molecule has 0 spiro atoms. The van der Waals surface area contributed by atoms with Crippen molar-refractivity contribution < 1.29 is 5.11 Å². The van der Waals surface area contributed by atoms with Crippen molar-refractivity contribution in [2.75, 3.05) is 26.7 Å². The Labute approximate surface area is 86.5 Å². The van der Waals surface area contributed by atoms with Crippen LogP contribution in [-0.4, -0.2) is 48.3 Å². The summed E-state index contributed by atoms with van der Waals surface area (Å²) in [6.07, 6.45) is 5.60. The minimum absolute atomic E-state index is 0.388. The van der Waals surface area contributed by atoms with Crippen LogP contribution in [0.25, 0.3) is 0 Å². The summed E-state index contributed by atoms with van der Waals surface area (Å²) < 4.78 is 0. The first-order chi connectivity index (χ1) is 6.68. The number of likely N-dealkylation sites (N-methyl/N-ethyl adjacent to an activating group) is 1. The SMILES string of the molecule is CN1CCC(NCC2(O)CCCC2)C1. The summed E-state index contributed by atoms with van der Waals surface area (Å²) in [5.41, 5.74) is -0.388. The molecule has 2 aliphatic rings. The Morgan fingerprint density at radius 1 is 1.43 bits per heavy atom. The molecule has 0 aromatic carbocycles. The van der Waals surface area contributed by atoms with Crippen LogP contribution in [0.2, 0.25) is 0 Å². The van der Waals surface area contributed by atoms with Crippen LogP contribution < -0.4 is 5.32 Å². The van der Waals surface area contributed by atoms with E-state index >= 15 is 0 Å².